The van der Waals surface area contributed by atoms with Gasteiger partial charge in [0, 0.05) is 73.2 Å². The first-order valence-electron chi connectivity index (χ1n) is 11.8. The lowest BCUT2D eigenvalue weighted by Crippen LogP contribution is -2.17. The minimum atomic E-state index is 0.0601. The number of ketones is 1. The number of hydrogen-bond acceptors (Lipinski definition) is 3. The lowest BCUT2D eigenvalue weighted by Gasteiger charge is -2.09. The van der Waals surface area contributed by atoms with Crippen molar-refractivity contribution >= 4 is 5.78 Å². The van der Waals surface area contributed by atoms with Gasteiger partial charge in [-0.3, -0.25) is 4.79 Å². The van der Waals surface area contributed by atoms with E-state index in [1.54, 1.807) is 0 Å². The Morgan fingerprint density at radius 1 is 0.618 bits per heavy atom. The van der Waals surface area contributed by atoms with Crippen molar-refractivity contribution in [3.05, 3.63) is 96.6 Å². The average Bonchev–Trinajstić information content (AvgIpc) is 3.47. The molecule has 0 aliphatic rings. The van der Waals surface area contributed by atoms with Crippen LogP contribution in [0.25, 0.3) is 22.3 Å². The van der Waals surface area contributed by atoms with Crippen molar-refractivity contribution < 1.29 is 4.79 Å². The molecule has 34 heavy (non-hydrogen) atoms. The molecule has 0 aliphatic heterocycles. The number of carbonyl (C=O) groups is 1. The van der Waals surface area contributed by atoms with Crippen molar-refractivity contribution in [1.29, 1.82) is 0 Å². The van der Waals surface area contributed by atoms with E-state index < -0.39 is 0 Å². The van der Waals surface area contributed by atoms with Crippen LogP contribution in [0.2, 0.25) is 0 Å². The Morgan fingerprint density at radius 3 is 1.35 bits per heavy atom. The molecule has 5 nitrogen and oxygen atoms in total. The van der Waals surface area contributed by atoms with Gasteiger partial charge in [-0.25, -0.2) is 0 Å². The summed E-state index contributed by atoms with van der Waals surface area (Å²) in [6, 6.07) is 20.4. The van der Waals surface area contributed by atoms with Crippen molar-refractivity contribution in [2.24, 2.45) is 0 Å². The van der Waals surface area contributed by atoms with Gasteiger partial charge in [-0.15, -0.1) is 0 Å². The number of aromatic nitrogens is 2. The fourth-order valence-corrected chi connectivity index (χ4v) is 4.11. The SMILES string of the molecule is CN(C)CCn1cc(C(=O)c2cn(CCN(C)C)cc2-c2ccccc2)c(-c2ccccc2)c1. The summed E-state index contributed by atoms with van der Waals surface area (Å²) >= 11 is 0. The highest BCUT2D eigenvalue weighted by Gasteiger charge is 2.22. The molecule has 0 fully saturated rings. The molecule has 0 unspecified atom stereocenters. The number of carbonyl (C=O) groups excluding carboxylic acids is 1. The molecule has 0 radical (unpaired) electrons. The van der Waals surface area contributed by atoms with Gasteiger partial charge in [0.25, 0.3) is 0 Å². The molecule has 0 spiro atoms. The molecular formula is C29H34N4O. The molecule has 0 N–H and O–H groups in total. The van der Waals surface area contributed by atoms with Crippen molar-refractivity contribution in [3.63, 3.8) is 0 Å². The quantitative estimate of drug-likeness (QED) is 0.317. The highest BCUT2D eigenvalue weighted by Crippen LogP contribution is 2.31. The average molecular weight is 455 g/mol. The van der Waals surface area contributed by atoms with Gasteiger partial charge in [-0.05, 0) is 39.3 Å². The number of likely N-dealkylation sites (N-methyl/N-ethyl adjacent to an activating group) is 2. The third-order valence-electron chi connectivity index (χ3n) is 6.03. The second kappa shape index (κ2) is 10.7. The molecule has 0 bridgehead atoms. The topological polar surface area (TPSA) is 33.4 Å². The summed E-state index contributed by atoms with van der Waals surface area (Å²) in [6.07, 6.45) is 8.24. The van der Waals surface area contributed by atoms with Gasteiger partial charge in [-0.2, -0.15) is 0 Å². The number of rotatable bonds is 10. The van der Waals surface area contributed by atoms with E-state index in [4.69, 9.17) is 0 Å². The third kappa shape index (κ3) is 5.56. The Balaban J connectivity index is 1.78. The Labute approximate surface area is 202 Å². The molecule has 0 saturated carbocycles. The summed E-state index contributed by atoms with van der Waals surface area (Å²) in [6.45, 7) is 3.48. The van der Waals surface area contributed by atoms with Crippen molar-refractivity contribution in [3.8, 4) is 22.3 Å². The summed E-state index contributed by atoms with van der Waals surface area (Å²) in [4.78, 5) is 18.4. The summed E-state index contributed by atoms with van der Waals surface area (Å²) in [5.74, 6) is 0.0601. The maximum Gasteiger partial charge on any atom is 0.197 e. The second-order valence-corrected chi connectivity index (χ2v) is 9.31. The zero-order chi connectivity index (χ0) is 24.1. The van der Waals surface area contributed by atoms with Crippen LogP contribution >= 0.6 is 0 Å². The largest absolute Gasteiger partial charge is 0.352 e. The van der Waals surface area contributed by atoms with Crippen LogP contribution in [0.15, 0.2) is 85.5 Å². The van der Waals surface area contributed by atoms with Crippen LogP contribution in [0.5, 0.6) is 0 Å². The van der Waals surface area contributed by atoms with Crippen molar-refractivity contribution in [2.45, 2.75) is 13.1 Å². The van der Waals surface area contributed by atoms with Gasteiger partial charge in [0.2, 0.25) is 0 Å². The zero-order valence-corrected chi connectivity index (χ0v) is 20.6. The molecule has 5 heteroatoms. The summed E-state index contributed by atoms with van der Waals surface area (Å²) in [7, 11) is 8.26. The smallest absolute Gasteiger partial charge is 0.197 e. The maximum atomic E-state index is 14.1. The Morgan fingerprint density at radius 2 is 1.00 bits per heavy atom. The van der Waals surface area contributed by atoms with Gasteiger partial charge in [0.15, 0.2) is 5.78 Å². The van der Waals surface area contributed by atoms with Crippen LogP contribution in [0, 0.1) is 0 Å². The van der Waals surface area contributed by atoms with E-state index in [0.717, 1.165) is 59.6 Å². The third-order valence-corrected chi connectivity index (χ3v) is 6.03. The van der Waals surface area contributed by atoms with Crippen LogP contribution in [-0.2, 0) is 13.1 Å². The number of benzene rings is 2. The molecular weight excluding hydrogens is 420 g/mol. The normalized spacial score (nSPS) is 11.5. The maximum absolute atomic E-state index is 14.1. The standard InChI is InChI=1S/C29H34N4O/c1-30(2)15-17-32-19-25(23-11-7-5-8-12-23)27(21-32)29(34)28-22-33(18-16-31(3)4)20-26(28)24-13-9-6-10-14-24/h5-14,19-22H,15-18H2,1-4H3. The van der Waals surface area contributed by atoms with E-state index in [1.807, 2.05) is 48.8 Å². The zero-order valence-electron chi connectivity index (χ0n) is 20.6. The number of hydrogen-bond donors (Lipinski definition) is 0. The molecule has 4 rings (SSSR count). The van der Waals surface area contributed by atoms with E-state index in [-0.39, 0.29) is 5.78 Å². The monoisotopic (exact) mass is 454 g/mol. The highest BCUT2D eigenvalue weighted by molar-refractivity contribution is 6.16. The Bertz CT molecular complexity index is 1120. The lowest BCUT2D eigenvalue weighted by molar-refractivity contribution is 0.103. The molecule has 4 aromatic rings. The fourth-order valence-electron chi connectivity index (χ4n) is 4.11. The van der Waals surface area contributed by atoms with Crippen LogP contribution in [0.1, 0.15) is 15.9 Å². The summed E-state index contributed by atoms with van der Waals surface area (Å²) < 4.78 is 4.28. The molecule has 0 aliphatic carbocycles. The summed E-state index contributed by atoms with van der Waals surface area (Å²) in [5, 5.41) is 0. The Hall–Kier alpha value is -3.41. The predicted octanol–water partition coefficient (Wildman–Crippen LogP) is 4.98. The summed E-state index contributed by atoms with van der Waals surface area (Å²) in [5.41, 5.74) is 5.55. The second-order valence-electron chi connectivity index (χ2n) is 9.31. The van der Waals surface area contributed by atoms with Gasteiger partial charge >= 0.3 is 0 Å². The van der Waals surface area contributed by atoms with Gasteiger partial charge in [0.1, 0.15) is 0 Å². The minimum Gasteiger partial charge on any atom is -0.352 e. The molecule has 176 valence electrons. The van der Waals surface area contributed by atoms with E-state index in [2.05, 4.69) is 83.8 Å². The van der Waals surface area contributed by atoms with E-state index in [0.29, 0.717) is 0 Å². The van der Waals surface area contributed by atoms with Gasteiger partial charge in [0.05, 0.1) is 0 Å². The van der Waals surface area contributed by atoms with Crippen LogP contribution < -0.4 is 0 Å². The predicted molar refractivity (Wildman–Crippen MR) is 140 cm³/mol. The van der Waals surface area contributed by atoms with Crippen molar-refractivity contribution in [2.75, 3.05) is 41.3 Å². The first-order chi connectivity index (χ1) is 16.4. The highest BCUT2D eigenvalue weighted by atomic mass is 16.1. The van der Waals surface area contributed by atoms with E-state index in [9.17, 15) is 4.79 Å². The lowest BCUT2D eigenvalue weighted by atomic mass is 9.95. The molecule has 2 aromatic heterocycles. The first kappa shape index (κ1) is 23.7. The first-order valence-corrected chi connectivity index (χ1v) is 11.8. The molecule has 2 heterocycles. The Kier molecular flexibility index (Phi) is 7.46. The van der Waals surface area contributed by atoms with Crippen LogP contribution in [-0.4, -0.2) is 66.0 Å². The molecule has 0 amide bonds. The van der Waals surface area contributed by atoms with Crippen LogP contribution in [0.4, 0.5) is 0 Å². The van der Waals surface area contributed by atoms with Gasteiger partial charge < -0.3 is 18.9 Å². The molecule has 2 aromatic carbocycles. The van der Waals surface area contributed by atoms with E-state index >= 15 is 0 Å². The van der Waals surface area contributed by atoms with E-state index in [1.165, 1.54) is 0 Å². The van der Waals surface area contributed by atoms with Crippen LogP contribution in [0.3, 0.4) is 0 Å². The van der Waals surface area contributed by atoms with Gasteiger partial charge in [-0.1, -0.05) is 60.7 Å². The minimum absolute atomic E-state index is 0.0601. The fraction of sp³-hybridized carbons (Fsp3) is 0.276. The van der Waals surface area contributed by atoms with Crippen molar-refractivity contribution in [1.82, 2.24) is 18.9 Å². The number of nitrogens with zero attached hydrogens (tertiary/aromatic N) is 4. The molecule has 0 saturated heterocycles. The molecule has 0 atom stereocenters.